The summed E-state index contributed by atoms with van der Waals surface area (Å²) in [6, 6.07) is 12.2. The monoisotopic (exact) mass is 549 g/mol. The molecule has 0 atom stereocenters. The number of anilines is 1. The molecule has 1 aromatic carbocycles. The standard InChI is InChI=1S/C29H35N5O2S2/c1-4-6-13-33-26(32-17-15-31(5-2)16-18-32)23(21(3)24(20-30)27(33)35)19-25-28(36)34(29(37)38-25)14-12-22-10-8-7-9-11-22/h7-11,19H,4-6,12-18H2,1-3H3. The van der Waals surface area contributed by atoms with E-state index in [1.165, 1.54) is 11.8 Å². The van der Waals surface area contributed by atoms with Gasteiger partial charge >= 0.3 is 0 Å². The summed E-state index contributed by atoms with van der Waals surface area (Å²) in [4.78, 5) is 33.8. The average molecular weight is 550 g/mol. The van der Waals surface area contributed by atoms with Crippen LogP contribution in [-0.2, 0) is 17.8 Å². The maximum atomic E-state index is 13.5. The molecule has 7 nitrogen and oxygen atoms in total. The fourth-order valence-corrected chi connectivity index (χ4v) is 6.28. The minimum atomic E-state index is -0.251. The van der Waals surface area contributed by atoms with Crippen LogP contribution in [0.15, 0.2) is 40.0 Å². The van der Waals surface area contributed by atoms with E-state index in [4.69, 9.17) is 12.2 Å². The molecule has 0 unspecified atom stereocenters. The molecule has 200 valence electrons. The zero-order chi connectivity index (χ0) is 27.2. The van der Waals surface area contributed by atoms with Gasteiger partial charge in [-0.2, -0.15) is 5.26 Å². The van der Waals surface area contributed by atoms with Gasteiger partial charge in [-0.05, 0) is 43.5 Å². The molecule has 2 aromatic rings. The summed E-state index contributed by atoms with van der Waals surface area (Å²) in [6.45, 7) is 11.5. The molecule has 4 rings (SSSR count). The third kappa shape index (κ3) is 5.88. The number of likely N-dealkylation sites (N-methyl/N-ethyl adjacent to an activating group) is 1. The van der Waals surface area contributed by atoms with Gasteiger partial charge in [0, 0.05) is 44.8 Å². The van der Waals surface area contributed by atoms with Crippen LogP contribution in [0.3, 0.4) is 0 Å². The zero-order valence-corrected chi connectivity index (χ0v) is 24.0. The molecule has 0 N–H and O–H groups in total. The maximum absolute atomic E-state index is 13.5. The number of pyridine rings is 1. The van der Waals surface area contributed by atoms with Crippen molar-refractivity contribution in [1.29, 1.82) is 5.26 Å². The number of carbonyl (C=O) groups is 1. The SMILES string of the molecule is CCCCn1c(N2CCN(CC)CC2)c(C=C2SC(=S)N(CCc3ccccc3)C2=O)c(C)c(C#N)c1=O. The van der Waals surface area contributed by atoms with Crippen LogP contribution in [-0.4, -0.2) is 63.9 Å². The lowest BCUT2D eigenvalue weighted by molar-refractivity contribution is -0.122. The van der Waals surface area contributed by atoms with Gasteiger partial charge in [-0.3, -0.25) is 19.1 Å². The Morgan fingerprint density at radius 2 is 1.79 bits per heavy atom. The van der Waals surface area contributed by atoms with Gasteiger partial charge in [0.15, 0.2) is 0 Å². The Kier molecular flexibility index (Phi) is 9.42. The number of thiocarbonyl (C=S) groups is 1. The summed E-state index contributed by atoms with van der Waals surface area (Å²) >= 11 is 6.89. The normalized spacial score (nSPS) is 17.5. The van der Waals surface area contributed by atoms with Gasteiger partial charge in [-0.1, -0.05) is 74.6 Å². The van der Waals surface area contributed by atoms with Crippen molar-refractivity contribution in [1.82, 2.24) is 14.4 Å². The number of amides is 1. The van der Waals surface area contributed by atoms with Crippen LogP contribution in [0.5, 0.6) is 0 Å². The first kappa shape index (κ1) is 28.1. The van der Waals surface area contributed by atoms with Gasteiger partial charge < -0.3 is 9.80 Å². The third-order valence-electron chi connectivity index (χ3n) is 7.32. The number of nitriles is 1. The van der Waals surface area contributed by atoms with E-state index >= 15 is 0 Å². The van der Waals surface area contributed by atoms with Gasteiger partial charge in [0.1, 0.15) is 21.8 Å². The molecule has 3 heterocycles. The van der Waals surface area contributed by atoms with Crippen molar-refractivity contribution in [2.45, 2.75) is 46.6 Å². The van der Waals surface area contributed by atoms with Crippen molar-refractivity contribution in [2.75, 3.05) is 44.2 Å². The average Bonchev–Trinajstić information content (AvgIpc) is 3.20. The first-order valence-corrected chi connectivity index (χ1v) is 14.6. The molecule has 0 aliphatic carbocycles. The van der Waals surface area contributed by atoms with Crippen molar-refractivity contribution in [3.05, 3.63) is 67.8 Å². The largest absolute Gasteiger partial charge is 0.355 e. The molecule has 0 spiro atoms. The van der Waals surface area contributed by atoms with Crippen molar-refractivity contribution in [2.24, 2.45) is 0 Å². The molecule has 38 heavy (non-hydrogen) atoms. The summed E-state index contributed by atoms with van der Waals surface area (Å²) in [5.74, 6) is 0.687. The van der Waals surface area contributed by atoms with Crippen molar-refractivity contribution < 1.29 is 4.79 Å². The lowest BCUT2D eigenvalue weighted by atomic mass is 10.0. The Morgan fingerprint density at radius 1 is 1.08 bits per heavy atom. The van der Waals surface area contributed by atoms with Crippen LogP contribution in [0.2, 0.25) is 0 Å². The number of thioether (sulfide) groups is 1. The summed E-state index contributed by atoms with van der Waals surface area (Å²) in [5.41, 5.74) is 2.43. The molecule has 2 aliphatic rings. The van der Waals surface area contributed by atoms with Crippen LogP contribution in [0, 0.1) is 18.3 Å². The summed E-state index contributed by atoms with van der Waals surface area (Å²) in [5, 5.41) is 9.91. The number of rotatable bonds is 9. The zero-order valence-electron chi connectivity index (χ0n) is 22.4. The third-order valence-corrected chi connectivity index (χ3v) is 8.69. The minimum absolute atomic E-state index is 0.123. The van der Waals surface area contributed by atoms with E-state index in [1.807, 2.05) is 43.3 Å². The lowest BCUT2D eigenvalue weighted by Gasteiger charge is -2.37. The van der Waals surface area contributed by atoms with E-state index in [2.05, 4.69) is 29.7 Å². The molecule has 9 heteroatoms. The predicted octanol–water partition coefficient (Wildman–Crippen LogP) is 4.41. The number of carbonyl (C=O) groups excluding carboxylic acids is 1. The number of piperazine rings is 1. The van der Waals surface area contributed by atoms with Gasteiger partial charge in [0.05, 0.1) is 4.91 Å². The van der Waals surface area contributed by atoms with Gasteiger partial charge in [-0.25, -0.2) is 0 Å². The number of hydrogen-bond acceptors (Lipinski definition) is 7. The van der Waals surface area contributed by atoms with Crippen molar-refractivity contribution in [3.8, 4) is 6.07 Å². The number of nitrogens with zero attached hydrogens (tertiary/aromatic N) is 5. The Hall–Kier alpha value is -2.93. The molecule has 2 saturated heterocycles. The van der Waals surface area contributed by atoms with Gasteiger partial charge in [0.25, 0.3) is 11.5 Å². The highest BCUT2D eigenvalue weighted by Crippen LogP contribution is 2.36. The van der Waals surface area contributed by atoms with E-state index in [1.54, 1.807) is 9.47 Å². The molecule has 0 saturated carbocycles. The van der Waals surface area contributed by atoms with Gasteiger partial charge in [-0.15, -0.1) is 0 Å². The molecule has 2 fully saturated rings. The molecular formula is C29H35N5O2S2. The maximum Gasteiger partial charge on any atom is 0.270 e. The van der Waals surface area contributed by atoms with Gasteiger partial charge in [0.2, 0.25) is 0 Å². The quantitative estimate of drug-likeness (QED) is 0.339. The molecule has 1 aromatic heterocycles. The Labute approximate surface area is 234 Å². The number of benzene rings is 1. The Morgan fingerprint density at radius 3 is 2.42 bits per heavy atom. The predicted molar refractivity (Wildman–Crippen MR) is 159 cm³/mol. The summed E-state index contributed by atoms with van der Waals surface area (Å²) in [7, 11) is 0. The second-order valence-electron chi connectivity index (χ2n) is 9.65. The fraction of sp³-hybridized carbons (Fsp3) is 0.448. The number of unbranched alkanes of at least 4 members (excludes halogenated alkanes) is 1. The molecule has 1 amide bonds. The van der Waals surface area contributed by atoms with E-state index < -0.39 is 0 Å². The van der Waals surface area contributed by atoms with E-state index in [9.17, 15) is 14.9 Å². The molecular weight excluding hydrogens is 514 g/mol. The highest BCUT2D eigenvalue weighted by Gasteiger charge is 2.33. The number of aromatic nitrogens is 1. The van der Waals surface area contributed by atoms with Crippen LogP contribution < -0.4 is 10.5 Å². The second kappa shape index (κ2) is 12.7. The van der Waals surface area contributed by atoms with Crippen LogP contribution >= 0.6 is 24.0 Å². The molecule has 0 bridgehead atoms. The fourth-order valence-electron chi connectivity index (χ4n) is 4.99. The van der Waals surface area contributed by atoms with E-state index in [-0.39, 0.29) is 17.0 Å². The Bertz CT molecular complexity index is 1320. The first-order valence-electron chi connectivity index (χ1n) is 13.3. The second-order valence-corrected chi connectivity index (χ2v) is 11.3. The summed E-state index contributed by atoms with van der Waals surface area (Å²) < 4.78 is 2.30. The first-order chi connectivity index (χ1) is 18.4. The Balaban J connectivity index is 1.75. The molecule has 0 radical (unpaired) electrons. The van der Waals surface area contributed by atoms with Crippen LogP contribution in [0.1, 0.15) is 48.9 Å². The van der Waals surface area contributed by atoms with E-state index in [0.717, 1.165) is 62.5 Å². The highest BCUT2D eigenvalue weighted by atomic mass is 32.2. The highest BCUT2D eigenvalue weighted by molar-refractivity contribution is 8.26. The molecule has 2 aliphatic heterocycles. The van der Waals surface area contributed by atoms with Crippen LogP contribution in [0.25, 0.3) is 6.08 Å². The smallest absolute Gasteiger partial charge is 0.270 e. The van der Waals surface area contributed by atoms with Crippen molar-refractivity contribution >= 4 is 46.1 Å². The van der Waals surface area contributed by atoms with Crippen molar-refractivity contribution in [3.63, 3.8) is 0 Å². The number of hydrogen-bond donors (Lipinski definition) is 0. The van der Waals surface area contributed by atoms with E-state index in [0.29, 0.717) is 34.3 Å². The minimum Gasteiger partial charge on any atom is -0.355 e. The topological polar surface area (TPSA) is 72.6 Å². The summed E-state index contributed by atoms with van der Waals surface area (Å²) in [6.07, 6.45) is 4.34. The van der Waals surface area contributed by atoms with Crippen LogP contribution in [0.4, 0.5) is 5.82 Å². The lowest BCUT2D eigenvalue weighted by Crippen LogP contribution is -2.48.